The lowest BCUT2D eigenvalue weighted by Crippen LogP contribution is -2.30. The first kappa shape index (κ1) is 24.5. The fourth-order valence-corrected chi connectivity index (χ4v) is 4.47. The molecule has 0 unspecified atom stereocenters. The zero-order valence-corrected chi connectivity index (χ0v) is 20.0. The Morgan fingerprint density at radius 2 is 1.76 bits per heavy atom. The maximum atomic E-state index is 13.1. The first-order chi connectivity index (χ1) is 15.9. The third-order valence-corrected chi connectivity index (χ3v) is 6.44. The molecular formula is C24H22Cl2F3N3O2. The number of carbonyl (C=O) groups is 1. The van der Waals surface area contributed by atoms with Crippen LogP contribution in [-0.4, -0.2) is 20.1 Å². The van der Waals surface area contributed by atoms with Crippen LogP contribution in [0.5, 0.6) is 0 Å². The van der Waals surface area contributed by atoms with Crippen molar-refractivity contribution in [2.24, 2.45) is 0 Å². The third-order valence-electron chi connectivity index (χ3n) is 5.89. The van der Waals surface area contributed by atoms with Gasteiger partial charge in [0.05, 0.1) is 10.6 Å². The van der Waals surface area contributed by atoms with Crippen LogP contribution in [0.1, 0.15) is 50.3 Å². The average Bonchev–Trinajstić information content (AvgIpc) is 3.52. The van der Waals surface area contributed by atoms with Gasteiger partial charge in [-0.2, -0.15) is 13.2 Å². The van der Waals surface area contributed by atoms with Crippen LogP contribution in [-0.2, 0) is 22.9 Å². The molecule has 1 fully saturated rings. The molecule has 0 aliphatic heterocycles. The molecule has 1 aromatic heterocycles. The second-order valence-corrected chi connectivity index (χ2v) is 10.0. The Morgan fingerprint density at radius 1 is 1.09 bits per heavy atom. The van der Waals surface area contributed by atoms with E-state index in [1.54, 1.807) is 42.7 Å². The quantitative estimate of drug-likeness (QED) is 0.373. The highest BCUT2D eigenvalue weighted by Crippen LogP contribution is 2.38. The fraction of sp³-hybridized carbons (Fsp3) is 0.375. The lowest BCUT2D eigenvalue weighted by molar-refractivity contribution is -0.137. The molecule has 0 amide bonds. The second kappa shape index (κ2) is 8.89. The van der Waals surface area contributed by atoms with E-state index >= 15 is 0 Å². The average molecular weight is 512 g/mol. The van der Waals surface area contributed by atoms with Crippen LogP contribution < -0.4 is 5.69 Å². The number of ketones is 1. The molecule has 5 nitrogen and oxygen atoms in total. The van der Waals surface area contributed by atoms with Gasteiger partial charge < -0.3 is 0 Å². The SMILES string of the molecule is CC(C)(CC(=O)Cn1nc(-c2ccc(Cl)cc2Cl)n(C2CC2)c1=O)c1cccc(C(F)(F)F)c1. The third kappa shape index (κ3) is 5.08. The normalized spacial score (nSPS) is 14.4. The number of carbonyl (C=O) groups excluding carboxylic acids is 1. The molecule has 0 N–H and O–H groups in total. The van der Waals surface area contributed by atoms with Crippen LogP contribution >= 0.6 is 23.2 Å². The molecule has 0 bridgehead atoms. The summed E-state index contributed by atoms with van der Waals surface area (Å²) in [5.41, 5.74) is -1.14. The Kier molecular flexibility index (Phi) is 6.42. The van der Waals surface area contributed by atoms with Crippen LogP contribution in [0.15, 0.2) is 47.3 Å². The van der Waals surface area contributed by atoms with Gasteiger partial charge in [-0.25, -0.2) is 9.48 Å². The van der Waals surface area contributed by atoms with Crippen LogP contribution in [0.25, 0.3) is 11.4 Å². The summed E-state index contributed by atoms with van der Waals surface area (Å²) in [4.78, 5) is 26.0. The van der Waals surface area contributed by atoms with Gasteiger partial charge in [-0.05, 0) is 48.1 Å². The summed E-state index contributed by atoms with van der Waals surface area (Å²) in [6.07, 6.45) is -2.90. The Labute approximate surface area is 204 Å². The van der Waals surface area contributed by atoms with Gasteiger partial charge in [-0.1, -0.05) is 55.2 Å². The molecule has 10 heteroatoms. The van der Waals surface area contributed by atoms with E-state index in [4.69, 9.17) is 23.2 Å². The smallest absolute Gasteiger partial charge is 0.298 e. The molecule has 1 heterocycles. The zero-order chi connectivity index (χ0) is 24.8. The minimum atomic E-state index is -4.47. The lowest BCUT2D eigenvalue weighted by Gasteiger charge is -2.25. The van der Waals surface area contributed by atoms with Crippen molar-refractivity contribution < 1.29 is 18.0 Å². The molecule has 2 aromatic carbocycles. The first-order valence-corrected chi connectivity index (χ1v) is 11.5. The van der Waals surface area contributed by atoms with Crippen molar-refractivity contribution in [2.45, 2.75) is 57.3 Å². The number of alkyl halides is 3. The summed E-state index contributed by atoms with van der Waals surface area (Å²) >= 11 is 12.3. The molecule has 0 spiro atoms. The van der Waals surface area contributed by atoms with E-state index in [9.17, 15) is 22.8 Å². The number of benzene rings is 2. The molecule has 1 saturated carbocycles. The van der Waals surface area contributed by atoms with E-state index < -0.39 is 22.8 Å². The van der Waals surface area contributed by atoms with Crippen LogP contribution in [0.4, 0.5) is 13.2 Å². The van der Waals surface area contributed by atoms with Gasteiger partial charge in [0.1, 0.15) is 6.54 Å². The summed E-state index contributed by atoms with van der Waals surface area (Å²) in [7, 11) is 0. The van der Waals surface area contributed by atoms with Crippen LogP contribution in [0.2, 0.25) is 10.0 Å². The molecule has 0 radical (unpaired) electrons. The highest BCUT2D eigenvalue weighted by molar-refractivity contribution is 6.36. The molecule has 0 saturated heterocycles. The second-order valence-electron chi connectivity index (χ2n) is 9.17. The topological polar surface area (TPSA) is 56.9 Å². The molecule has 3 aromatic rings. The van der Waals surface area contributed by atoms with E-state index in [2.05, 4.69) is 5.10 Å². The Bertz CT molecular complexity index is 1310. The van der Waals surface area contributed by atoms with Crippen molar-refractivity contribution in [3.63, 3.8) is 0 Å². The number of hydrogen-bond acceptors (Lipinski definition) is 3. The van der Waals surface area contributed by atoms with Gasteiger partial charge in [0, 0.05) is 23.0 Å². The molecule has 1 aliphatic carbocycles. The van der Waals surface area contributed by atoms with Crippen molar-refractivity contribution in [2.75, 3.05) is 0 Å². The van der Waals surface area contributed by atoms with Crippen molar-refractivity contribution in [1.82, 2.24) is 14.3 Å². The monoisotopic (exact) mass is 511 g/mol. The summed E-state index contributed by atoms with van der Waals surface area (Å²) < 4.78 is 42.0. The minimum Gasteiger partial charge on any atom is -0.298 e. The van der Waals surface area contributed by atoms with Crippen molar-refractivity contribution >= 4 is 29.0 Å². The van der Waals surface area contributed by atoms with Crippen LogP contribution in [0, 0.1) is 0 Å². The van der Waals surface area contributed by atoms with Gasteiger partial charge in [0.2, 0.25) is 0 Å². The molecular weight excluding hydrogens is 490 g/mol. The Balaban J connectivity index is 1.60. The van der Waals surface area contributed by atoms with E-state index in [0.29, 0.717) is 27.0 Å². The first-order valence-electron chi connectivity index (χ1n) is 10.7. The molecule has 4 rings (SSSR count). The van der Waals surface area contributed by atoms with Crippen LogP contribution in [0.3, 0.4) is 0 Å². The number of Topliss-reactive ketones (excluding diaryl/α,β-unsaturated/α-hetero) is 1. The summed E-state index contributed by atoms with van der Waals surface area (Å²) in [5.74, 6) is 0.0396. The van der Waals surface area contributed by atoms with Crippen molar-refractivity contribution in [3.8, 4) is 11.4 Å². The lowest BCUT2D eigenvalue weighted by atomic mass is 9.79. The molecule has 180 valence electrons. The predicted octanol–water partition coefficient (Wildman–Crippen LogP) is 6.31. The Hall–Kier alpha value is -2.58. The Morgan fingerprint density at radius 3 is 2.38 bits per heavy atom. The predicted molar refractivity (Wildman–Crippen MR) is 124 cm³/mol. The molecule has 34 heavy (non-hydrogen) atoms. The number of nitrogens with zero attached hydrogens (tertiary/aromatic N) is 3. The van der Waals surface area contributed by atoms with E-state index in [-0.39, 0.29) is 24.8 Å². The number of hydrogen-bond donors (Lipinski definition) is 0. The van der Waals surface area contributed by atoms with Crippen molar-refractivity contribution in [3.05, 3.63) is 74.1 Å². The van der Waals surface area contributed by atoms with Crippen molar-refractivity contribution in [1.29, 1.82) is 0 Å². The maximum Gasteiger partial charge on any atom is 0.416 e. The van der Waals surface area contributed by atoms with E-state index in [0.717, 1.165) is 29.7 Å². The summed E-state index contributed by atoms with van der Waals surface area (Å²) in [5, 5.41) is 5.17. The minimum absolute atomic E-state index is 0.0142. The fourth-order valence-electron chi connectivity index (χ4n) is 3.97. The van der Waals surface area contributed by atoms with Gasteiger partial charge in [-0.3, -0.25) is 9.36 Å². The maximum absolute atomic E-state index is 13.1. The van der Waals surface area contributed by atoms with E-state index in [1.165, 1.54) is 6.07 Å². The van der Waals surface area contributed by atoms with Gasteiger partial charge >= 0.3 is 11.9 Å². The molecule has 0 atom stereocenters. The zero-order valence-electron chi connectivity index (χ0n) is 18.5. The standard InChI is InChI=1S/C24H22Cl2F3N3O2/c1-23(2,14-4-3-5-15(10-14)24(27,28)29)12-18(33)13-31-22(34)32(17-7-8-17)21(30-31)19-9-6-16(25)11-20(19)26/h3-6,9-11,17H,7-8,12-13H2,1-2H3. The number of rotatable bonds is 7. The van der Waals surface area contributed by atoms with Gasteiger partial charge in [0.15, 0.2) is 11.6 Å². The molecule has 1 aliphatic rings. The summed E-state index contributed by atoms with van der Waals surface area (Å²) in [6.45, 7) is 3.11. The highest BCUT2D eigenvalue weighted by Gasteiger charge is 2.34. The number of aromatic nitrogens is 3. The summed E-state index contributed by atoms with van der Waals surface area (Å²) in [6, 6.07) is 9.81. The van der Waals surface area contributed by atoms with E-state index in [1.807, 2.05) is 0 Å². The van der Waals surface area contributed by atoms with Gasteiger partial charge in [0.25, 0.3) is 0 Å². The highest BCUT2D eigenvalue weighted by atomic mass is 35.5. The largest absolute Gasteiger partial charge is 0.416 e. The van der Waals surface area contributed by atoms with Gasteiger partial charge in [-0.15, -0.1) is 5.10 Å². The number of halogens is 5.